The Morgan fingerprint density at radius 3 is 2.50 bits per heavy atom. The minimum atomic E-state index is -3.46. The molecule has 1 rings (SSSR count). The lowest BCUT2D eigenvalue weighted by Gasteiger charge is -2.17. The van der Waals surface area contributed by atoms with E-state index in [0.29, 0.717) is 13.0 Å². The Morgan fingerprint density at radius 1 is 1.28 bits per heavy atom. The summed E-state index contributed by atoms with van der Waals surface area (Å²) in [4.78, 5) is 0. The van der Waals surface area contributed by atoms with Gasteiger partial charge < -0.3 is 5.73 Å². The fourth-order valence-corrected chi connectivity index (χ4v) is 2.74. The van der Waals surface area contributed by atoms with Crippen LogP contribution in [0.1, 0.15) is 18.9 Å². The number of hydrogen-bond acceptors (Lipinski definition) is 3. The average molecular weight is 271 g/mol. The number of nitrogens with two attached hydrogens (primary N) is 1. The molecule has 0 radical (unpaired) electrons. The van der Waals surface area contributed by atoms with Crippen LogP contribution in [0.15, 0.2) is 30.3 Å². The minimum absolute atomic E-state index is 0.266. The zero-order chi connectivity index (χ0) is 13.4. The van der Waals surface area contributed by atoms with E-state index < -0.39 is 10.2 Å². The molecule has 1 aromatic rings. The quantitative estimate of drug-likeness (QED) is 0.639. The first-order valence-electron chi connectivity index (χ1n) is 6.08. The predicted molar refractivity (Wildman–Crippen MR) is 73.3 cm³/mol. The van der Waals surface area contributed by atoms with Gasteiger partial charge in [-0.05, 0) is 18.4 Å². The van der Waals surface area contributed by atoms with Crippen molar-refractivity contribution in [1.29, 1.82) is 0 Å². The third-order valence-electron chi connectivity index (χ3n) is 2.47. The molecule has 0 heterocycles. The monoisotopic (exact) mass is 271 g/mol. The van der Waals surface area contributed by atoms with Gasteiger partial charge >= 0.3 is 0 Å². The van der Waals surface area contributed by atoms with Crippen LogP contribution in [-0.4, -0.2) is 27.5 Å². The molecule has 0 spiro atoms. The lowest BCUT2D eigenvalue weighted by Crippen LogP contribution is -2.47. The fourth-order valence-electron chi connectivity index (χ4n) is 1.57. The summed E-state index contributed by atoms with van der Waals surface area (Å²) in [6.45, 7) is 2.60. The van der Waals surface area contributed by atoms with Crippen LogP contribution in [0.4, 0.5) is 0 Å². The normalized spacial score (nSPS) is 13.4. The molecule has 1 atom stereocenters. The molecule has 4 N–H and O–H groups in total. The highest BCUT2D eigenvalue weighted by Crippen LogP contribution is 2.03. The Morgan fingerprint density at radius 2 is 1.94 bits per heavy atom. The van der Waals surface area contributed by atoms with Gasteiger partial charge in [0, 0.05) is 19.1 Å². The average Bonchev–Trinajstić information content (AvgIpc) is 2.36. The van der Waals surface area contributed by atoms with Crippen LogP contribution in [0.5, 0.6) is 0 Å². The van der Waals surface area contributed by atoms with Crippen molar-refractivity contribution in [3.8, 4) is 0 Å². The lowest BCUT2D eigenvalue weighted by molar-refractivity contribution is 0.535. The molecular formula is C12H21N3O2S. The molecule has 0 saturated heterocycles. The van der Waals surface area contributed by atoms with Gasteiger partial charge in [0.15, 0.2) is 0 Å². The summed E-state index contributed by atoms with van der Waals surface area (Å²) in [6, 6.07) is 9.39. The van der Waals surface area contributed by atoms with E-state index in [4.69, 9.17) is 5.73 Å². The maximum Gasteiger partial charge on any atom is 0.277 e. The molecule has 0 amide bonds. The number of hydrogen-bond donors (Lipinski definition) is 3. The van der Waals surface area contributed by atoms with Crippen LogP contribution in [0, 0.1) is 0 Å². The standard InChI is InChI=1S/C12H21N3O2S/c1-2-8-14-18(16,17)15-12(10-13)9-11-6-4-3-5-7-11/h3-7,12,14-15H,2,8-10,13H2,1H3. The maximum absolute atomic E-state index is 11.7. The van der Waals surface area contributed by atoms with Crippen LogP contribution in [-0.2, 0) is 16.6 Å². The zero-order valence-electron chi connectivity index (χ0n) is 10.6. The highest BCUT2D eigenvalue weighted by molar-refractivity contribution is 7.87. The van der Waals surface area contributed by atoms with E-state index in [1.54, 1.807) is 0 Å². The molecule has 1 aromatic carbocycles. The molecule has 0 saturated carbocycles. The van der Waals surface area contributed by atoms with Crippen molar-refractivity contribution in [2.24, 2.45) is 5.73 Å². The first-order valence-corrected chi connectivity index (χ1v) is 7.56. The highest BCUT2D eigenvalue weighted by atomic mass is 32.2. The van der Waals surface area contributed by atoms with Crippen molar-refractivity contribution >= 4 is 10.2 Å². The summed E-state index contributed by atoms with van der Waals surface area (Å²) in [5.41, 5.74) is 6.66. The summed E-state index contributed by atoms with van der Waals surface area (Å²) in [5, 5.41) is 0. The Labute approximate surface area is 109 Å². The smallest absolute Gasteiger partial charge is 0.277 e. The Balaban J connectivity index is 2.57. The molecule has 18 heavy (non-hydrogen) atoms. The van der Waals surface area contributed by atoms with E-state index in [1.807, 2.05) is 37.3 Å². The van der Waals surface area contributed by atoms with Crippen LogP contribution >= 0.6 is 0 Å². The fraction of sp³-hybridized carbons (Fsp3) is 0.500. The van der Waals surface area contributed by atoms with Gasteiger partial charge in [-0.3, -0.25) is 0 Å². The molecule has 1 unspecified atom stereocenters. The van der Waals surface area contributed by atoms with Gasteiger partial charge in [-0.15, -0.1) is 0 Å². The van der Waals surface area contributed by atoms with Crippen LogP contribution < -0.4 is 15.2 Å². The van der Waals surface area contributed by atoms with Gasteiger partial charge in [0.1, 0.15) is 0 Å². The van der Waals surface area contributed by atoms with Crippen molar-refractivity contribution in [3.05, 3.63) is 35.9 Å². The van der Waals surface area contributed by atoms with Gasteiger partial charge in [-0.2, -0.15) is 13.1 Å². The molecule has 0 bridgehead atoms. The zero-order valence-corrected chi connectivity index (χ0v) is 11.4. The predicted octanol–water partition coefficient (Wildman–Crippen LogP) is 0.390. The van der Waals surface area contributed by atoms with E-state index in [-0.39, 0.29) is 12.6 Å². The van der Waals surface area contributed by atoms with Crippen LogP contribution in [0.2, 0.25) is 0 Å². The molecule has 0 aromatic heterocycles. The molecular weight excluding hydrogens is 250 g/mol. The molecule has 0 aliphatic heterocycles. The van der Waals surface area contributed by atoms with E-state index in [9.17, 15) is 8.42 Å². The van der Waals surface area contributed by atoms with Crippen molar-refractivity contribution in [2.75, 3.05) is 13.1 Å². The summed E-state index contributed by atoms with van der Waals surface area (Å²) >= 11 is 0. The van der Waals surface area contributed by atoms with E-state index in [1.165, 1.54) is 0 Å². The third-order valence-corrected chi connectivity index (χ3v) is 3.70. The number of benzene rings is 1. The first-order chi connectivity index (χ1) is 8.57. The summed E-state index contributed by atoms with van der Waals surface area (Å²) in [5.74, 6) is 0. The molecule has 6 heteroatoms. The number of nitrogens with one attached hydrogen (secondary N) is 2. The Bertz CT molecular complexity index is 434. The van der Waals surface area contributed by atoms with E-state index in [0.717, 1.165) is 12.0 Å². The largest absolute Gasteiger partial charge is 0.329 e. The van der Waals surface area contributed by atoms with Crippen molar-refractivity contribution in [2.45, 2.75) is 25.8 Å². The van der Waals surface area contributed by atoms with Gasteiger partial charge in [0.25, 0.3) is 10.2 Å². The molecule has 102 valence electrons. The third kappa shape index (κ3) is 5.59. The molecule has 0 aliphatic rings. The van der Waals surface area contributed by atoms with Crippen molar-refractivity contribution in [1.82, 2.24) is 9.44 Å². The minimum Gasteiger partial charge on any atom is -0.329 e. The highest BCUT2D eigenvalue weighted by Gasteiger charge is 2.16. The molecule has 5 nitrogen and oxygen atoms in total. The van der Waals surface area contributed by atoms with Crippen LogP contribution in [0.25, 0.3) is 0 Å². The maximum atomic E-state index is 11.7. The van der Waals surface area contributed by atoms with Crippen LogP contribution in [0.3, 0.4) is 0 Å². The topological polar surface area (TPSA) is 84.2 Å². The van der Waals surface area contributed by atoms with Gasteiger partial charge in [-0.25, -0.2) is 4.72 Å². The first kappa shape index (κ1) is 15.1. The Hall–Kier alpha value is -0.950. The van der Waals surface area contributed by atoms with Crippen molar-refractivity contribution in [3.63, 3.8) is 0 Å². The molecule has 0 fully saturated rings. The summed E-state index contributed by atoms with van der Waals surface area (Å²) in [6.07, 6.45) is 1.34. The SMILES string of the molecule is CCCNS(=O)(=O)NC(CN)Cc1ccccc1. The van der Waals surface area contributed by atoms with Crippen molar-refractivity contribution < 1.29 is 8.42 Å². The van der Waals surface area contributed by atoms with E-state index >= 15 is 0 Å². The number of rotatable bonds is 8. The Kier molecular flexibility index (Phi) is 6.28. The second-order valence-electron chi connectivity index (χ2n) is 4.14. The molecule has 0 aliphatic carbocycles. The van der Waals surface area contributed by atoms with Gasteiger partial charge in [0.05, 0.1) is 0 Å². The second kappa shape index (κ2) is 7.48. The van der Waals surface area contributed by atoms with E-state index in [2.05, 4.69) is 9.44 Å². The van der Waals surface area contributed by atoms with Gasteiger partial charge in [0.2, 0.25) is 0 Å². The summed E-state index contributed by atoms with van der Waals surface area (Å²) < 4.78 is 28.4. The summed E-state index contributed by atoms with van der Waals surface area (Å²) in [7, 11) is -3.46. The van der Waals surface area contributed by atoms with Gasteiger partial charge in [-0.1, -0.05) is 37.3 Å². The second-order valence-corrected chi connectivity index (χ2v) is 5.67. The lowest BCUT2D eigenvalue weighted by atomic mass is 10.1.